The zero-order chi connectivity index (χ0) is 17.0. The third-order valence-electron chi connectivity index (χ3n) is 5.94. The Bertz CT molecular complexity index is 464. The third kappa shape index (κ3) is 4.29. The van der Waals surface area contributed by atoms with Gasteiger partial charge in [0.1, 0.15) is 0 Å². The Morgan fingerprint density at radius 3 is 2.79 bits per heavy atom. The van der Waals surface area contributed by atoms with E-state index in [0.717, 1.165) is 58.3 Å². The van der Waals surface area contributed by atoms with Crippen molar-refractivity contribution < 1.29 is 14.3 Å². The minimum Gasteiger partial charge on any atom is -0.385 e. The summed E-state index contributed by atoms with van der Waals surface area (Å²) in [6.07, 6.45) is 9.95. The van der Waals surface area contributed by atoms with E-state index < -0.39 is 0 Å². The lowest BCUT2D eigenvalue weighted by Gasteiger charge is -2.48. The maximum atomic E-state index is 12.6. The molecule has 2 heterocycles. The Kier molecular flexibility index (Phi) is 5.80. The van der Waals surface area contributed by atoms with Crippen molar-refractivity contribution in [2.45, 2.75) is 70.3 Å². The van der Waals surface area contributed by atoms with Crippen molar-refractivity contribution in [3.8, 4) is 0 Å². The Labute approximate surface area is 145 Å². The van der Waals surface area contributed by atoms with Gasteiger partial charge in [0.25, 0.3) is 0 Å². The van der Waals surface area contributed by atoms with Gasteiger partial charge in [0.15, 0.2) is 0 Å². The van der Waals surface area contributed by atoms with E-state index in [1.165, 1.54) is 19.3 Å². The predicted molar refractivity (Wildman–Crippen MR) is 92.6 cm³/mol. The van der Waals surface area contributed by atoms with E-state index in [1.807, 2.05) is 0 Å². The highest BCUT2D eigenvalue weighted by molar-refractivity contribution is 5.78. The average molecular weight is 336 g/mol. The zero-order valence-corrected chi connectivity index (χ0v) is 15.1. The van der Waals surface area contributed by atoms with Gasteiger partial charge >= 0.3 is 0 Å². The second-order valence-corrected chi connectivity index (χ2v) is 7.98. The number of nitrogens with zero attached hydrogens (tertiary/aromatic N) is 2. The van der Waals surface area contributed by atoms with Gasteiger partial charge < -0.3 is 14.5 Å². The average Bonchev–Trinajstić information content (AvgIpc) is 3.42. The van der Waals surface area contributed by atoms with E-state index in [1.54, 1.807) is 7.11 Å². The number of rotatable bonds is 7. The molecule has 3 aliphatic rings. The predicted octanol–water partition coefficient (Wildman–Crippen LogP) is 2.59. The van der Waals surface area contributed by atoms with Crippen molar-refractivity contribution in [3.63, 3.8) is 0 Å². The summed E-state index contributed by atoms with van der Waals surface area (Å²) in [6, 6.07) is 0.501. The molecule has 0 N–H and O–H groups in total. The van der Waals surface area contributed by atoms with Gasteiger partial charge in [-0.05, 0) is 44.9 Å². The van der Waals surface area contributed by atoms with Gasteiger partial charge in [0.05, 0.1) is 0 Å². The molecule has 5 nitrogen and oxygen atoms in total. The minimum atomic E-state index is 0.167. The van der Waals surface area contributed by atoms with Crippen molar-refractivity contribution in [1.82, 2.24) is 9.80 Å². The molecular formula is C19H32N2O3. The van der Waals surface area contributed by atoms with Crippen LogP contribution >= 0.6 is 0 Å². The summed E-state index contributed by atoms with van der Waals surface area (Å²) in [7, 11) is 1.72. The normalized spacial score (nSPS) is 27.8. The van der Waals surface area contributed by atoms with E-state index in [9.17, 15) is 9.59 Å². The molecule has 1 atom stereocenters. The Morgan fingerprint density at radius 2 is 2.04 bits per heavy atom. The number of hydrogen-bond acceptors (Lipinski definition) is 3. The summed E-state index contributed by atoms with van der Waals surface area (Å²) in [5.41, 5.74) is 0.167. The lowest BCUT2D eigenvalue weighted by atomic mass is 9.73. The van der Waals surface area contributed by atoms with Crippen LogP contribution in [0.25, 0.3) is 0 Å². The number of carbonyl (C=O) groups is 2. The van der Waals surface area contributed by atoms with Crippen molar-refractivity contribution >= 4 is 11.8 Å². The molecule has 1 spiro atoms. The molecule has 136 valence electrons. The van der Waals surface area contributed by atoms with E-state index in [4.69, 9.17) is 4.74 Å². The van der Waals surface area contributed by atoms with Crippen molar-refractivity contribution in [2.24, 2.45) is 5.41 Å². The largest absolute Gasteiger partial charge is 0.385 e. The minimum absolute atomic E-state index is 0.167. The molecule has 0 unspecified atom stereocenters. The van der Waals surface area contributed by atoms with Crippen LogP contribution in [0.2, 0.25) is 0 Å². The van der Waals surface area contributed by atoms with Gasteiger partial charge in [0, 0.05) is 57.6 Å². The van der Waals surface area contributed by atoms with Gasteiger partial charge in [-0.25, -0.2) is 0 Å². The fourth-order valence-corrected chi connectivity index (χ4v) is 4.37. The van der Waals surface area contributed by atoms with Gasteiger partial charge in [-0.15, -0.1) is 0 Å². The number of piperidine rings is 2. The van der Waals surface area contributed by atoms with Crippen LogP contribution in [0.1, 0.15) is 64.2 Å². The van der Waals surface area contributed by atoms with E-state index in [0.29, 0.717) is 30.7 Å². The first-order valence-corrected chi connectivity index (χ1v) is 9.70. The van der Waals surface area contributed by atoms with Crippen molar-refractivity contribution in [1.29, 1.82) is 0 Å². The molecule has 5 heteroatoms. The molecule has 1 aliphatic carbocycles. The summed E-state index contributed by atoms with van der Waals surface area (Å²) < 4.78 is 5.06. The van der Waals surface area contributed by atoms with E-state index in [2.05, 4.69) is 9.80 Å². The quantitative estimate of drug-likeness (QED) is 0.672. The summed E-state index contributed by atoms with van der Waals surface area (Å²) in [4.78, 5) is 29.0. The lowest BCUT2D eigenvalue weighted by molar-refractivity contribution is -0.143. The molecule has 24 heavy (non-hydrogen) atoms. The Balaban J connectivity index is 1.50. The molecule has 3 rings (SSSR count). The van der Waals surface area contributed by atoms with Gasteiger partial charge in [-0.1, -0.05) is 6.42 Å². The smallest absolute Gasteiger partial charge is 0.222 e. The number of amides is 2. The van der Waals surface area contributed by atoms with Crippen LogP contribution in [0, 0.1) is 5.41 Å². The molecule has 0 aromatic rings. The Hall–Kier alpha value is -1.10. The summed E-state index contributed by atoms with van der Waals surface area (Å²) >= 11 is 0. The zero-order valence-electron chi connectivity index (χ0n) is 15.1. The molecule has 0 aromatic heterocycles. The van der Waals surface area contributed by atoms with Crippen LogP contribution in [0.4, 0.5) is 0 Å². The third-order valence-corrected chi connectivity index (χ3v) is 5.94. The van der Waals surface area contributed by atoms with Crippen LogP contribution in [0.5, 0.6) is 0 Å². The second kappa shape index (κ2) is 7.85. The van der Waals surface area contributed by atoms with E-state index >= 15 is 0 Å². The fourth-order valence-electron chi connectivity index (χ4n) is 4.37. The summed E-state index contributed by atoms with van der Waals surface area (Å²) in [6.45, 7) is 3.43. The molecule has 1 saturated carbocycles. The van der Waals surface area contributed by atoms with Gasteiger partial charge in [-0.2, -0.15) is 0 Å². The first-order chi connectivity index (χ1) is 11.6. The number of unbranched alkanes of at least 4 members (excludes halogenated alkanes) is 2. The van der Waals surface area contributed by atoms with Crippen LogP contribution in [0.3, 0.4) is 0 Å². The Morgan fingerprint density at radius 1 is 1.21 bits per heavy atom. The highest BCUT2D eigenvalue weighted by Crippen LogP contribution is 2.42. The monoisotopic (exact) mass is 336 g/mol. The van der Waals surface area contributed by atoms with Gasteiger partial charge in [0.2, 0.25) is 11.8 Å². The highest BCUT2D eigenvalue weighted by Gasteiger charge is 2.46. The van der Waals surface area contributed by atoms with Gasteiger partial charge in [-0.3, -0.25) is 9.59 Å². The SMILES string of the molecule is COCCCCCC(=O)N1CCC[C@]2(CCC(=O)N(C3CC3)C2)C1. The molecule has 2 amide bonds. The summed E-state index contributed by atoms with van der Waals surface area (Å²) in [5, 5.41) is 0. The first kappa shape index (κ1) is 17.7. The number of carbonyl (C=O) groups excluding carboxylic acids is 2. The summed E-state index contributed by atoms with van der Waals surface area (Å²) in [5.74, 6) is 0.645. The van der Waals surface area contributed by atoms with Crippen LogP contribution < -0.4 is 0 Å². The fraction of sp³-hybridized carbons (Fsp3) is 0.895. The number of likely N-dealkylation sites (tertiary alicyclic amines) is 2. The topological polar surface area (TPSA) is 49.9 Å². The number of ether oxygens (including phenoxy) is 1. The van der Waals surface area contributed by atoms with E-state index in [-0.39, 0.29) is 5.41 Å². The van der Waals surface area contributed by atoms with Crippen molar-refractivity contribution in [2.75, 3.05) is 33.4 Å². The molecule has 0 radical (unpaired) electrons. The van der Waals surface area contributed by atoms with Crippen molar-refractivity contribution in [3.05, 3.63) is 0 Å². The maximum absolute atomic E-state index is 12.6. The molecule has 2 aliphatic heterocycles. The number of methoxy groups -OCH3 is 1. The van der Waals surface area contributed by atoms with Crippen LogP contribution in [0.15, 0.2) is 0 Å². The molecular weight excluding hydrogens is 304 g/mol. The lowest BCUT2D eigenvalue weighted by Crippen LogP contribution is -2.55. The molecule has 0 bridgehead atoms. The standard InChI is InChI=1S/C19H32N2O3/c1-24-13-4-2-3-6-17(22)20-12-5-10-19(14-20)11-9-18(23)21(15-19)16-7-8-16/h16H,2-15H2,1H3/t19-/m0/s1. The first-order valence-electron chi connectivity index (χ1n) is 9.70. The maximum Gasteiger partial charge on any atom is 0.222 e. The molecule has 0 aromatic carbocycles. The second-order valence-electron chi connectivity index (χ2n) is 7.98. The number of hydrogen-bond donors (Lipinski definition) is 0. The molecule has 3 fully saturated rings. The highest BCUT2D eigenvalue weighted by atomic mass is 16.5. The molecule has 2 saturated heterocycles. The van der Waals surface area contributed by atoms with Crippen LogP contribution in [-0.2, 0) is 14.3 Å². The van der Waals surface area contributed by atoms with Crippen LogP contribution in [-0.4, -0.2) is 61.0 Å².